The van der Waals surface area contributed by atoms with Crippen molar-refractivity contribution in [3.05, 3.63) is 35.9 Å². The van der Waals surface area contributed by atoms with Crippen molar-refractivity contribution in [2.75, 3.05) is 0 Å². The number of benzene rings is 1. The SMILES string of the molecule is CC1(C)OB(B2OC(C)(C)C(C)(C(=O)OCc3ccccc3)O2)OC1(C)C. The maximum absolute atomic E-state index is 12.9. The van der Waals surface area contributed by atoms with Gasteiger partial charge < -0.3 is 23.4 Å². The predicted octanol–water partition coefficient (Wildman–Crippen LogP) is 2.97. The standard InChI is InChI=1S/C19H28B2O6/c1-16(2)17(3,4)25-20(24-16)21-26-18(5,6)19(7,27-21)15(22)23-13-14-11-9-8-10-12-14/h8-12H,13H2,1-7H3. The molecule has 2 fully saturated rings. The molecule has 8 heteroatoms. The van der Waals surface area contributed by atoms with Crippen LogP contribution in [0.4, 0.5) is 0 Å². The quantitative estimate of drug-likeness (QED) is 0.597. The first-order valence-electron chi connectivity index (χ1n) is 9.30. The molecule has 0 bridgehead atoms. The summed E-state index contributed by atoms with van der Waals surface area (Å²) in [5.41, 5.74) is -2.30. The van der Waals surface area contributed by atoms with Crippen molar-refractivity contribution in [2.24, 2.45) is 0 Å². The summed E-state index contributed by atoms with van der Waals surface area (Å²) in [6.07, 6.45) is 0. The highest BCUT2D eigenvalue weighted by atomic mass is 16.7. The molecule has 0 radical (unpaired) electrons. The van der Waals surface area contributed by atoms with E-state index < -0.39 is 42.4 Å². The summed E-state index contributed by atoms with van der Waals surface area (Å²) < 4.78 is 29.6. The van der Waals surface area contributed by atoms with Crippen molar-refractivity contribution >= 4 is 20.0 Å². The summed E-state index contributed by atoms with van der Waals surface area (Å²) in [6.45, 7) is 13.3. The maximum Gasteiger partial charge on any atom is 0.489 e. The second kappa shape index (κ2) is 6.62. The van der Waals surface area contributed by atoms with E-state index in [0.29, 0.717) is 0 Å². The summed E-state index contributed by atoms with van der Waals surface area (Å²) in [5.74, 6) is -0.477. The molecule has 1 aromatic rings. The highest BCUT2D eigenvalue weighted by Crippen LogP contribution is 2.43. The summed E-state index contributed by atoms with van der Waals surface area (Å²) in [6, 6.07) is 9.52. The van der Waals surface area contributed by atoms with E-state index in [1.165, 1.54) is 0 Å². The van der Waals surface area contributed by atoms with E-state index in [1.807, 2.05) is 71.9 Å². The van der Waals surface area contributed by atoms with Crippen LogP contribution in [0.3, 0.4) is 0 Å². The van der Waals surface area contributed by atoms with Gasteiger partial charge in [-0.1, -0.05) is 30.3 Å². The van der Waals surface area contributed by atoms with E-state index in [9.17, 15) is 4.79 Å². The van der Waals surface area contributed by atoms with Gasteiger partial charge in [-0.25, -0.2) is 4.79 Å². The molecule has 0 aliphatic carbocycles. The maximum atomic E-state index is 12.9. The zero-order valence-corrected chi connectivity index (χ0v) is 17.2. The third-order valence-corrected chi connectivity index (χ3v) is 6.01. The zero-order valence-electron chi connectivity index (χ0n) is 17.2. The van der Waals surface area contributed by atoms with Gasteiger partial charge in [0.05, 0.1) is 16.8 Å². The fourth-order valence-electron chi connectivity index (χ4n) is 3.07. The van der Waals surface area contributed by atoms with Gasteiger partial charge in [0, 0.05) is 0 Å². The van der Waals surface area contributed by atoms with E-state index in [-0.39, 0.29) is 6.61 Å². The molecule has 2 aliphatic heterocycles. The number of hydrogen-bond donors (Lipinski definition) is 0. The third-order valence-electron chi connectivity index (χ3n) is 6.01. The molecule has 3 rings (SSSR count). The molecular formula is C19H28B2O6. The fraction of sp³-hybridized carbons (Fsp3) is 0.632. The number of rotatable bonds is 4. The van der Waals surface area contributed by atoms with E-state index in [2.05, 4.69) is 0 Å². The largest absolute Gasteiger partial charge is 0.489 e. The van der Waals surface area contributed by atoms with E-state index in [1.54, 1.807) is 6.92 Å². The van der Waals surface area contributed by atoms with Crippen LogP contribution >= 0.6 is 0 Å². The molecule has 0 amide bonds. The van der Waals surface area contributed by atoms with E-state index in [4.69, 9.17) is 23.4 Å². The lowest BCUT2D eigenvalue weighted by molar-refractivity contribution is -0.169. The van der Waals surface area contributed by atoms with Gasteiger partial charge in [-0.15, -0.1) is 0 Å². The normalized spacial score (nSPS) is 28.4. The Kier molecular flexibility index (Phi) is 5.00. The number of carbonyl (C=O) groups excluding carboxylic acids is 1. The Balaban J connectivity index is 1.71. The van der Waals surface area contributed by atoms with E-state index >= 15 is 0 Å². The molecule has 0 spiro atoms. The van der Waals surface area contributed by atoms with Crippen LogP contribution in [0.15, 0.2) is 30.3 Å². The topological polar surface area (TPSA) is 63.2 Å². The smallest absolute Gasteiger partial charge is 0.459 e. The van der Waals surface area contributed by atoms with Crippen molar-refractivity contribution in [3.8, 4) is 0 Å². The Bertz CT molecular complexity index is 689. The van der Waals surface area contributed by atoms with Crippen LogP contribution < -0.4 is 0 Å². The van der Waals surface area contributed by atoms with Gasteiger partial charge in [0.2, 0.25) is 0 Å². The zero-order chi connectivity index (χ0) is 20.1. The molecule has 1 aromatic carbocycles. The first kappa shape index (κ1) is 20.4. The van der Waals surface area contributed by atoms with Crippen LogP contribution in [-0.4, -0.2) is 42.4 Å². The van der Waals surface area contributed by atoms with Crippen LogP contribution in [0.25, 0.3) is 0 Å². The summed E-state index contributed by atoms with van der Waals surface area (Å²) in [5, 5.41) is 0. The minimum absolute atomic E-state index is 0.176. The van der Waals surface area contributed by atoms with Gasteiger partial charge in [0.15, 0.2) is 5.60 Å². The Morgan fingerprint density at radius 2 is 1.30 bits per heavy atom. The molecule has 0 saturated carbocycles. The Morgan fingerprint density at radius 3 is 1.85 bits per heavy atom. The first-order valence-corrected chi connectivity index (χ1v) is 9.30. The average Bonchev–Trinajstić information content (AvgIpc) is 2.95. The fourth-order valence-corrected chi connectivity index (χ4v) is 3.07. The van der Waals surface area contributed by atoms with Crippen LogP contribution in [0.1, 0.15) is 54.0 Å². The summed E-state index contributed by atoms with van der Waals surface area (Å²) in [4.78, 5) is 12.9. The monoisotopic (exact) mass is 374 g/mol. The molecule has 0 aromatic heterocycles. The second-order valence-corrected chi connectivity index (χ2v) is 8.83. The van der Waals surface area contributed by atoms with Crippen LogP contribution in [0, 0.1) is 0 Å². The highest BCUT2D eigenvalue weighted by molar-refractivity contribution is 7.11. The number of hydrogen-bond acceptors (Lipinski definition) is 6. The molecule has 146 valence electrons. The van der Waals surface area contributed by atoms with Gasteiger partial charge in [0.1, 0.15) is 6.61 Å². The van der Waals surface area contributed by atoms with Crippen LogP contribution in [-0.2, 0) is 34.8 Å². The molecule has 27 heavy (non-hydrogen) atoms. The minimum atomic E-state index is -1.28. The van der Waals surface area contributed by atoms with Crippen molar-refractivity contribution in [3.63, 3.8) is 0 Å². The Hall–Kier alpha value is -1.34. The second-order valence-electron chi connectivity index (χ2n) is 8.83. The van der Waals surface area contributed by atoms with Crippen molar-refractivity contribution in [1.29, 1.82) is 0 Å². The minimum Gasteiger partial charge on any atom is -0.459 e. The Labute approximate surface area is 162 Å². The van der Waals surface area contributed by atoms with Gasteiger partial charge in [-0.05, 0) is 54.0 Å². The Morgan fingerprint density at radius 1 is 0.815 bits per heavy atom. The molecule has 2 saturated heterocycles. The van der Waals surface area contributed by atoms with E-state index in [0.717, 1.165) is 5.56 Å². The molecule has 0 N–H and O–H groups in total. The lowest BCUT2D eigenvalue weighted by atomic mass is 9.49. The van der Waals surface area contributed by atoms with Crippen LogP contribution in [0.5, 0.6) is 0 Å². The number of ether oxygens (including phenoxy) is 1. The van der Waals surface area contributed by atoms with Gasteiger partial charge >= 0.3 is 20.0 Å². The summed E-state index contributed by atoms with van der Waals surface area (Å²) in [7, 11) is -1.55. The molecule has 2 aliphatic rings. The third kappa shape index (κ3) is 3.56. The van der Waals surface area contributed by atoms with Crippen molar-refractivity contribution in [1.82, 2.24) is 0 Å². The molecule has 6 nitrogen and oxygen atoms in total. The summed E-state index contributed by atoms with van der Waals surface area (Å²) >= 11 is 0. The van der Waals surface area contributed by atoms with Gasteiger partial charge in [-0.2, -0.15) is 0 Å². The van der Waals surface area contributed by atoms with Gasteiger partial charge in [0.25, 0.3) is 0 Å². The van der Waals surface area contributed by atoms with Gasteiger partial charge in [-0.3, -0.25) is 0 Å². The highest BCUT2D eigenvalue weighted by Gasteiger charge is 2.67. The number of esters is 1. The molecule has 2 heterocycles. The first-order chi connectivity index (χ1) is 12.4. The lowest BCUT2D eigenvalue weighted by Crippen LogP contribution is -2.52. The van der Waals surface area contributed by atoms with Crippen molar-refractivity contribution in [2.45, 2.75) is 77.5 Å². The molecule has 1 atom stereocenters. The molecular weight excluding hydrogens is 346 g/mol. The van der Waals surface area contributed by atoms with Crippen LogP contribution in [0.2, 0.25) is 0 Å². The lowest BCUT2D eigenvalue weighted by Gasteiger charge is -2.33. The molecule has 1 unspecified atom stereocenters. The predicted molar refractivity (Wildman–Crippen MR) is 103 cm³/mol. The van der Waals surface area contributed by atoms with Crippen molar-refractivity contribution < 1.29 is 28.1 Å². The average molecular weight is 374 g/mol. The number of carbonyl (C=O) groups is 1.